The Kier molecular flexibility index (Phi) is 5.22. The molecule has 0 atom stereocenters. The van der Waals surface area contributed by atoms with Crippen molar-refractivity contribution in [1.29, 1.82) is 0 Å². The fraction of sp³-hybridized carbons (Fsp3) is 0.118. The predicted molar refractivity (Wildman–Crippen MR) is 98.8 cm³/mol. The van der Waals surface area contributed by atoms with Crippen molar-refractivity contribution in [2.45, 2.75) is 15.8 Å². The molecule has 0 unspecified atom stereocenters. The van der Waals surface area contributed by atoms with Gasteiger partial charge in [0.1, 0.15) is 5.03 Å². The first kappa shape index (κ1) is 16.7. The molecule has 0 spiro atoms. The van der Waals surface area contributed by atoms with Gasteiger partial charge in [0, 0.05) is 18.2 Å². The number of rotatable bonds is 4. The second-order valence-electron chi connectivity index (χ2n) is 4.91. The van der Waals surface area contributed by atoms with E-state index in [4.69, 9.17) is 34.8 Å². The Morgan fingerprint density at radius 1 is 1.00 bits per heavy atom. The number of alkyl halides is 1. The molecule has 0 N–H and O–H groups in total. The Morgan fingerprint density at radius 2 is 1.65 bits per heavy atom. The van der Waals surface area contributed by atoms with E-state index >= 15 is 0 Å². The van der Waals surface area contributed by atoms with Crippen LogP contribution in [0.4, 0.5) is 0 Å². The van der Waals surface area contributed by atoms with Crippen molar-refractivity contribution >= 4 is 46.6 Å². The summed E-state index contributed by atoms with van der Waals surface area (Å²) >= 11 is 20.3. The highest BCUT2D eigenvalue weighted by atomic mass is 35.5. The number of aryl methyl sites for hydroxylation is 1. The van der Waals surface area contributed by atoms with Crippen molar-refractivity contribution in [1.82, 2.24) is 9.78 Å². The van der Waals surface area contributed by atoms with Crippen LogP contribution < -0.4 is 0 Å². The van der Waals surface area contributed by atoms with E-state index in [1.807, 2.05) is 60.3 Å². The lowest BCUT2D eigenvalue weighted by molar-refractivity contribution is 0.697. The molecule has 0 radical (unpaired) electrons. The molecule has 1 aromatic heterocycles. The maximum Gasteiger partial charge on any atom is 0.104 e. The van der Waals surface area contributed by atoms with E-state index in [2.05, 4.69) is 5.10 Å². The van der Waals surface area contributed by atoms with Crippen LogP contribution in [0.3, 0.4) is 0 Å². The van der Waals surface area contributed by atoms with E-state index in [-0.39, 0.29) is 0 Å². The van der Waals surface area contributed by atoms with Gasteiger partial charge in [-0.2, -0.15) is 5.10 Å². The second-order valence-corrected chi connectivity index (χ2v) is 6.99. The molecule has 1 heterocycles. The smallest absolute Gasteiger partial charge is 0.104 e. The third-order valence-corrected chi connectivity index (χ3v) is 5.86. The maximum absolute atomic E-state index is 6.28. The molecule has 0 aliphatic rings. The number of benzene rings is 2. The highest BCUT2D eigenvalue weighted by Gasteiger charge is 2.19. The molecule has 3 aromatic rings. The SMILES string of the molecule is Cn1nc(-c2ccccc2)c(CCl)c1Sc1c(Cl)cccc1Cl. The summed E-state index contributed by atoms with van der Waals surface area (Å²) in [5, 5.41) is 6.80. The van der Waals surface area contributed by atoms with Gasteiger partial charge in [-0.15, -0.1) is 11.6 Å². The Labute approximate surface area is 154 Å². The van der Waals surface area contributed by atoms with Gasteiger partial charge in [0.05, 0.1) is 26.5 Å². The number of aromatic nitrogens is 2. The molecule has 0 bridgehead atoms. The van der Waals surface area contributed by atoms with Gasteiger partial charge in [-0.1, -0.05) is 71.4 Å². The van der Waals surface area contributed by atoms with E-state index < -0.39 is 0 Å². The Morgan fingerprint density at radius 3 is 2.26 bits per heavy atom. The lowest BCUT2D eigenvalue weighted by Gasteiger charge is -2.08. The van der Waals surface area contributed by atoms with Crippen molar-refractivity contribution in [3.05, 3.63) is 64.1 Å². The van der Waals surface area contributed by atoms with Crippen LogP contribution in [-0.4, -0.2) is 9.78 Å². The van der Waals surface area contributed by atoms with E-state index in [0.29, 0.717) is 15.9 Å². The van der Waals surface area contributed by atoms with Gasteiger partial charge in [-0.25, -0.2) is 0 Å². The molecule has 23 heavy (non-hydrogen) atoms. The first-order chi connectivity index (χ1) is 11.1. The third kappa shape index (κ3) is 3.38. The molecule has 2 aromatic carbocycles. The molecule has 0 fully saturated rings. The molecule has 0 amide bonds. The van der Waals surface area contributed by atoms with E-state index in [9.17, 15) is 0 Å². The van der Waals surface area contributed by atoms with Crippen LogP contribution in [0.1, 0.15) is 5.56 Å². The zero-order valence-corrected chi connectivity index (χ0v) is 15.3. The molecule has 0 saturated heterocycles. The van der Waals surface area contributed by atoms with Gasteiger partial charge >= 0.3 is 0 Å². The summed E-state index contributed by atoms with van der Waals surface area (Å²) in [6, 6.07) is 15.5. The van der Waals surface area contributed by atoms with Crippen molar-refractivity contribution in [3.63, 3.8) is 0 Å². The summed E-state index contributed by atoms with van der Waals surface area (Å²) in [4.78, 5) is 0.810. The molecule has 0 saturated carbocycles. The number of hydrogen-bond donors (Lipinski definition) is 0. The molecule has 2 nitrogen and oxygen atoms in total. The van der Waals surface area contributed by atoms with E-state index in [1.165, 1.54) is 11.8 Å². The average Bonchev–Trinajstić information content (AvgIpc) is 2.88. The minimum Gasteiger partial charge on any atom is -0.261 e. The zero-order valence-electron chi connectivity index (χ0n) is 12.3. The van der Waals surface area contributed by atoms with Crippen molar-refractivity contribution in [3.8, 4) is 11.3 Å². The van der Waals surface area contributed by atoms with Crippen LogP contribution >= 0.6 is 46.6 Å². The molecule has 3 rings (SSSR count). The highest BCUT2D eigenvalue weighted by molar-refractivity contribution is 7.99. The highest BCUT2D eigenvalue weighted by Crippen LogP contribution is 2.42. The summed E-state index contributed by atoms with van der Waals surface area (Å²) < 4.78 is 1.82. The lowest BCUT2D eigenvalue weighted by atomic mass is 10.1. The van der Waals surface area contributed by atoms with Crippen LogP contribution in [-0.2, 0) is 12.9 Å². The van der Waals surface area contributed by atoms with Crippen LogP contribution in [0.5, 0.6) is 0 Å². The summed E-state index contributed by atoms with van der Waals surface area (Å²) in [7, 11) is 1.90. The third-order valence-electron chi connectivity index (χ3n) is 3.39. The van der Waals surface area contributed by atoms with Gasteiger partial charge in [0.2, 0.25) is 0 Å². The summed E-state index contributed by atoms with van der Waals surface area (Å²) in [6.45, 7) is 0. The largest absolute Gasteiger partial charge is 0.261 e. The molecular formula is C17H13Cl3N2S. The normalized spacial score (nSPS) is 11.0. The van der Waals surface area contributed by atoms with Crippen LogP contribution in [0.15, 0.2) is 58.5 Å². The summed E-state index contributed by atoms with van der Waals surface area (Å²) in [5.74, 6) is 0.364. The van der Waals surface area contributed by atoms with Crippen molar-refractivity contribution < 1.29 is 0 Å². The Bertz CT molecular complexity index is 811. The van der Waals surface area contributed by atoms with Gasteiger partial charge < -0.3 is 0 Å². The topological polar surface area (TPSA) is 17.8 Å². The molecule has 0 aliphatic carbocycles. The Balaban J connectivity index is 2.09. The fourth-order valence-electron chi connectivity index (χ4n) is 2.31. The van der Waals surface area contributed by atoms with Crippen LogP contribution in [0.25, 0.3) is 11.3 Å². The first-order valence-electron chi connectivity index (χ1n) is 6.91. The molecule has 118 valence electrons. The number of halogens is 3. The average molecular weight is 384 g/mol. The molecular weight excluding hydrogens is 371 g/mol. The van der Waals surface area contributed by atoms with Crippen LogP contribution in [0, 0.1) is 0 Å². The van der Waals surface area contributed by atoms with E-state index in [1.54, 1.807) is 0 Å². The van der Waals surface area contributed by atoms with Crippen molar-refractivity contribution in [2.24, 2.45) is 7.05 Å². The standard InChI is InChI=1S/C17H13Cl3N2S/c1-22-17(23-16-13(19)8-5-9-14(16)20)12(10-18)15(21-22)11-6-3-2-4-7-11/h2-9H,10H2,1H3. The predicted octanol–water partition coefficient (Wildman–Crippen LogP) is 6.28. The fourth-order valence-corrected chi connectivity index (χ4v) is 4.26. The first-order valence-corrected chi connectivity index (χ1v) is 9.01. The zero-order chi connectivity index (χ0) is 16.4. The van der Waals surface area contributed by atoms with Gasteiger partial charge in [0.15, 0.2) is 0 Å². The monoisotopic (exact) mass is 382 g/mol. The molecule has 6 heteroatoms. The maximum atomic E-state index is 6.28. The van der Waals surface area contributed by atoms with E-state index in [0.717, 1.165) is 26.7 Å². The minimum atomic E-state index is 0.364. The Hall–Kier alpha value is -1.13. The van der Waals surface area contributed by atoms with Crippen LogP contribution in [0.2, 0.25) is 10.0 Å². The lowest BCUT2D eigenvalue weighted by Crippen LogP contribution is -1.93. The van der Waals surface area contributed by atoms with Gasteiger partial charge in [-0.05, 0) is 12.1 Å². The molecule has 0 aliphatic heterocycles. The minimum absolute atomic E-state index is 0.364. The second kappa shape index (κ2) is 7.18. The quantitative estimate of drug-likeness (QED) is 0.493. The number of hydrogen-bond acceptors (Lipinski definition) is 2. The van der Waals surface area contributed by atoms with Gasteiger partial charge in [-0.3, -0.25) is 4.68 Å². The summed E-state index contributed by atoms with van der Waals surface area (Å²) in [6.07, 6.45) is 0. The van der Waals surface area contributed by atoms with Gasteiger partial charge in [0.25, 0.3) is 0 Å². The summed E-state index contributed by atoms with van der Waals surface area (Å²) in [5.41, 5.74) is 2.89. The number of nitrogens with zero attached hydrogens (tertiary/aromatic N) is 2. The van der Waals surface area contributed by atoms with Crippen molar-refractivity contribution in [2.75, 3.05) is 0 Å².